The molecular weight excluding hydrogens is 483 g/mol. The number of aliphatic imine (C=N–C) groups is 1. The number of thioether (sulfide) groups is 1. The Morgan fingerprint density at radius 1 is 0.892 bits per heavy atom. The first-order valence-corrected chi connectivity index (χ1v) is 12.7. The smallest absolute Gasteiger partial charge is 0.271 e. The minimum Gasteiger partial charge on any atom is -0.489 e. The fraction of sp³-hybridized carbons (Fsp3) is 0.0968. The molecule has 0 radical (unpaired) electrons. The maximum Gasteiger partial charge on any atom is 0.271 e. The molecule has 1 amide bonds. The molecule has 0 aliphatic carbocycles. The monoisotopic (exact) mass is 508 g/mol. The number of aryl methyl sites for hydroxylation is 2. The number of nitrogens with zero attached hydrogens (tertiary/aromatic N) is 2. The lowest BCUT2D eigenvalue weighted by atomic mass is 10.2. The van der Waals surface area contributed by atoms with E-state index in [1.165, 1.54) is 23.9 Å². The van der Waals surface area contributed by atoms with Crippen LogP contribution in [0.15, 0.2) is 107 Å². The summed E-state index contributed by atoms with van der Waals surface area (Å²) in [7, 11) is 0. The molecule has 1 aliphatic rings. The van der Waals surface area contributed by atoms with E-state index in [9.17, 15) is 9.18 Å². The maximum atomic E-state index is 13.6. The number of benzene rings is 4. The van der Waals surface area contributed by atoms with Gasteiger partial charge in [0.2, 0.25) is 0 Å². The third kappa shape index (κ3) is 5.98. The van der Waals surface area contributed by atoms with E-state index in [1.807, 2.05) is 92.7 Å². The predicted octanol–water partition coefficient (Wildman–Crippen LogP) is 7.83. The summed E-state index contributed by atoms with van der Waals surface area (Å²) >= 11 is 1.35. The molecule has 37 heavy (non-hydrogen) atoms. The molecule has 5 rings (SSSR count). The molecule has 0 spiro atoms. The van der Waals surface area contributed by atoms with Crippen LogP contribution in [-0.2, 0) is 11.4 Å². The molecule has 4 aromatic rings. The number of hydrogen-bond acceptors (Lipinski definition) is 4. The molecule has 0 unspecified atom stereocenters. The van der Waals surface area contributed by atoms with Crippen molar-refractivity contribution in [3.63, 3.8) is 0 Å². The van der Waals surface area contributed by atoms with Gasteiger partial charge in [0.1, 0.15) is 18.2 Å². The van der Waals surface area contributed by atoms with Crippen LogP contribution in [0, 0.1) is 19.7 Å². The van der Waals surface area contributed by atoms with Gasteiger partial charge in [-0.3, -0.25) is 9.69 Å². The SMILES string of the molecule is Cc1ccc(N=C2S/C(=C\c3cccc(OCc4ccc(F)cc4)c3)C(=O)N2c2ccc(C)cc2)cc1. The first kappa shape index (κ1) is 24.5. The third-order valence-electron chi connectivity index (χ3n) is 5.83. The molecule has 1 fully saturated rings. The molecule has 0 N–H and O–H groups in total. The summed E-state index contributed by atoms with van der Waals surface area (Å²) in [5, 5.41) is 0.604. The van der Waals surface area contributed by atoms with Crippen molar-refractivity contribution in [2.24, 2.45) is 4.99 Å². The lowest BCUT2D eigenvalue weighted by molar-refractivity contribution is -0.113. The normalized spacial score (nSPS) is 15.5. The standard InChI is InChI=1S/C31H25FN2O2S/c1-21-6-14-26(15-7-21)33-31-34(27-16-8-22(2)9-17-27)30(35)29(37-31)19-24-4-3-5-28(18-24)36-20-23-10-12-25(32)13-11-23/h3-19H,20H2,1-2H3/b29-19-,33-31?. The summed E-state index contributed by atoms with van der Waals surface area (Å²) in [4.78, 5) is 20.6. The van der Waals surface area contributed by atoms with Crippen molar-refractivity contribution in [1.82, 2.24) is 0 Å². The van der Waals surface area contributed by atoms with Crippen LogP contribution >= 0.6 is 11.8 Å². The third-order valence-corrected chi connectivity index (χ3v) is 6.80. The van der Waals surface area contributed by atoms with Crippen molar-refractivity contribution >= 4 is 40.3 Å². The van der Waals surface area contributed by atoms with Crippen molar-refractivity contribution in [2.75, 3.05) is 4.90 Å². The first-order valence-electron chi connectivity index (χ1n) is 11.9. The Kier molecular flexibility index (Phi) is 7.19. The molecule has 4 aromatic carbocycles. The summed E-state index contributed by atoms with van der Waals surface area (Å²) in [6.07, 6.45) is 1.86. The zero-order valence-electron chi connectivity index (χ0n) is 20.5. The maximum absolute atomic E-state index is 13.6. The molecule has 0 bridgehead atoms. The second kappa shape index (κ2) is 10.8. The van der Waals surface area contributed by atoms with Gasteiger partial charge < -0.3 is 4.74 Å². The van der Waals surface area contributed by atoms with Crippen LogP contribution in [0.3, 0.4) is 0 Å². The van der Waals surface area contributed by atoms with Crippen molar-refractivity contribution in [2.45, 2.75) is 20.5 Å². The van der Waals surface area contributed by atoms with Gasteiger partial charge in [0.05, 0.1) is 16.3 Å². The molecule has 1 heterocycles. The topological polar surface area (TPSA) is 41.9 Å². The van der Waals surface area contributed by atoms with E-state index < -0.39 is 0 Å². The Labute approximate surface area is 220 Å². The van der Waals surface area contributed by atoms with Gasteiger partial charge >= 0.3 is 0 Å². The van der Waals surface area contributed by atoms with E-state index in [1.54, 1.807) is 17.0 Å². The lowest BCUT2D eigenvalue weighted by Crippen LogP contribution is -2.28. The summed E-state index contributed by atoms with van der Waals surface area (Å²) in [5.74, 6) is 0.261. The number of halogens is 1. The molecule has 184 valence electrons. The molecule has 0 atom stereocenters. The van der Waals surface area contributed by atoms with Gasteiger partial charge in [-0.05, 0) is 91.3 Å². The Morgan fingerprint density at radius 3 is 2.27 bits per heavy atom. The summed E-state index contributed by atoms with van der Waals surface area (Å²) in [5.41, 5.74) is 5.54. The van der Waals surface area contributed by atoms with Gasteiger partial charge in [0.25, 0.3) is 5.91 Å². The quantitative estimate of drug-likeness (QED) is 0.249. The molecular formula is C31H25FN2O2S. The molecule has 1 aliphatic heterocycles. The van der Waals surface area contributed by atoms with Gasteiger partial charge in [-0.2, -0.15) is 0 Å². The van der Waals surface area contributed by atoms with Gasteiger partial charge in [-0.1, -0.05) is 59.7 Å². The van der Waals surface area contributed by atoms with Crippen LogP contribution < -0.4 is 9.64 Å². The van der Waals surface area contributed by atoms with Gasteiger partial charge in [0, 0.05) is 0 Å². The number of anilines is 1. The second-order valence-electron chi connectivity index (χ2n) is 8.80. The Balaban J connectivity index is 1.42. The molecule has 0 aromatic heterocycles. The van der Waals surface area contributed by atoms with E-state index in [-0.39, 0.29) is 11.7 Å². The predicted molar refractivity (Wildman–Crippen MR) is 150 cm³/mol. The fourth-order valence-electron chi connectivity index (χ4n) is 3.79. The number of amidine groups is 1. The largest absolute Gasteiger partial charge is 0.489 e. The zero-order valence-corrected chi connectivity index (χ0v) is 21.3. The minimum absolute atomic E-state index is 0.127. The van der Waals surface area contributed by atoms with Gasteiger partial charge in [-0.15, -0.1) is 0 Å². The van der Waals surface area contributed by atoms with E-state index in [2.05, 4.69) is 0 Å². The Hall–Kier alpha value is -4.16. The molecule has 1 saturated heterocycles. The van der Waals surface area contributed by atoms with Crippen molar-refractivity contribution in [3.8, 4) is 5.75 Å². The van der Waals surface area contributed by atoms with Gasteiger partial charge in [-0.25, -0.2) is 9.38 Å². The number of amides is 1. The zero-order chi connectivity index (χ0) is 25.8. The second-order valence-corrected chi connectivity index (χ2v) is 9.81. The molecule has 0 saturated carbocycles. The van der Waals surface area contributed by atoms with E-state index in [0.29, 0.717) is 22.4 Å². The van der Waals surface area contributed by atoms with E-state index in [0.717, 1.165) is 33.6 Å². The van der Waals surface area contributed by atoms with Crippen LogP contribution in [0.5, 0.6) is 5.75 Å². The number of carbonyl (C=O) groups is 1. The Bertz CT molecular complexity index is 1480. The van der Waals surface area contributed by atoms with Gasteiger partial charge in [0.15, 0.2) is 5.17 Å². The highest BCUT2D eigenvalue weighted by molar-refractivity contribution is 8.19. The summed E-state index contributed by atoms with van der Waals surface area (Å²) in [6, 6.07) is 29.5. The highest BCUT2D eigenvalue weighted by Gasteiger charge is 2.34. The molecule has 4 nitrogen and oxygen atoms in total. The fourth-order valence-corrected chi connectivity index (χ4v) is 4.79. The van der Waals surface area contributed by atoms with Crippen LogP contribution in [0.2, 0.25) is 0 Å². The van der Waals surface area contributed by atoms with Crippen LogP contribution in [0.25, 0.3) is 6.08 Å². The van der Waals surface area contributed by atoms with Crippen molar-refractivity contribution < 1.29 is 13.9 Å². The van der Waals surface area contributed by atoms with Crippen molar-refractivity contribution in [3.05, 3.63) is 130 Å². The van der Waals surface area contributed by atoms with E-state index >= 15 is 0 Å². The van der Waals surface area contributed by atoms with E-state index in [4.69, 9.17) is 9.73 Å². The minimum atomic E-state index is -0.277. The number of ether oxygens (including phenoxy) is 1. The van der Waals surface area contributed by atoms with Crippen molar-refractivity contribution in [1.29, 1.82) is 0 Å². The number of carbonyl (C=O) groups excluding carboxylic acids is 1. The summed E-state index contributed by atoms with van der Waals surface area (Å²) < 4.78 is 19.1. The Morgan fingerprint density at radius 2 is 1.57 bits per heavy atom. The lowest BCUT2D eigenvalue weighted by Gasteiger charge is -2.16. The average Bonchev–Trinajstić information content (AvgIpc) is 3.20. The van der Waals surface area contributed by atoms with Crippen LogP contribution in [-0.4, -0.2) is 11.1 Å². The van der Waals surface area contributed by atoms with Crippen LogP contribution in [0.1, 0.15) is 22.3 Å². The summed E-state index contributed by atoms with van der Waals surface area (Å²) in [6.45, 7) is 4.37. The highest BCUT2D eigenvalue weighted by atomic mass is 32.2. The first-order chi connectivity index (χ1) is 17.9. The molecule has 6 heteroatoms. The van der Waals surface area contributed by atoms with Crippen LogP contribution in [0.4, 0.5) is 15.8 Å². The highest BCUT2D eigenvalue weighted by Crippen LogP contribution is 2.37. The number of rotatable bonds is 6. The average molecular weight is 509 g/mol. The number of hydrogen-bond donors (Lipinski definition) is 0.